The highest BCUT2D eigenvalue weighted by atomic mass is 35.5. The van der Waals surface area contributed by atoms with Crippen LogP contribution in [0.25, 0.3) is 5.69 Å². The fraction of sp³-hybridized carbons (Fsp3) is 0.100. The van der Waals surface area contributed by atoms with Crippen LogP contribution in [0.1, 0.15) is 5.56 Å². The van der Waals surface area contributed by atoms with E-state index in [-0.39, 0.29) is 6.61 Å². The topological polar surface area (TPSA) is 38.0 Å². The zero-order chi connectivity index (χ0) is 10.8. The Balaban J connectivity index is 2.52. The highest BCUT2D eigenvalue weighted by Gasteiger charge is 2.06. The van der Waals surface area contributed by atoms with Crippen LogP contribution in [-0.4, -0.2) is 14.9 Å². The molecule has 2 rings (SSSR count). The van der Waals surface area contributed by atoms with Gasteiger partial charge in [0.2, 0.25) is 0 Å². The fourth-order valence-corrected chi connectivity index (χ4v) is 1.40. The minimum absolute atomic E-state index is 0.265. The van der Waals surface area contributed by atoms with Crippen LogP contribution in [0.3, 0.4) is 0 Å². The molecule has 0 unspecified atom stereocenters. The Hall–Kier alpha value is -1.39. The largest absolute Gasteiger partial charge is 0.392 e. The van der Waals surface area contributed by atoms with Crippen LogP contribution in [0.4, 0.5) is 4.39 Å². The first-order valence-electron chi connectivity index (χ1n) is 4.23. The number of aliphatic hydroxyl groups excluding tert-OH is 1. The van der Waals surface area contributed by atoms with Gasteiger partial charge in [-0.1, -0.05) is 11.6 Å². The van der Waals surface area contributed by atoms with Crippen molar-refractivity contribution in [1.29, 1.82) is 0 Å². The minimum Gasteiger partial charge on any atom is -0.392 e. The Bertz CT molecular complexity index is 484. The third kappa shape index (κ3) is 2.00. The third-order valence-corrected chi connectivity index (χ3v) is 2.13. The zero-order valence-corrected chi connectivity index (χ0v) is 8.37. The van der Waals surface area contributed by atoms with Gasteiger partial charge in [-0.25, -0.2) is 9.07 Å². The quantitative estimate of drug-likeness (QED) is 0.849. The SMILES string of the molecule is OCc1cc(F)ccc1-n1[c]cc(Cl)n1. The average molecular weight is 226 g/mol. The summed E-state index contributed by atoms with van der Waals surface area (Å²) < 4.78 is 14.2. The maximum atomic E-state index is 12.9. The maximum absolute atomic E-state index is 12.9. The summed E-state index contributed by atoms with van der Waals surface area (Å²) in [6.45, 7) is -0.265. The van der Waals surface area contributed by atoms with Crippen LogP contribution in [-0.2, 0) is 6.61 Å². The number of rotatable bonds is 2. The molecule has 2 aromatic rings. The Morgan fingerprint density at radius 1 is 1.53 bits per heavy atom. The van der Waals surface area contributed by atoms with Crippen LogP contribution in [0.5, 0.6) is 0 Å². The predicted molar refractivity (Wildman–Crippen MR) is 53.3 cm³/mol. The molecule has 0 bridgehead atoms. The van der Waals surface area contributed by atoms with Crippen LogP contribution >= 0.6 is 11.6 Å². The number of hydrogen-bond donors (Lipinski definition) is 1. The molecule has 0 atom stereocenters. The molecule has 0 saturated heterocycles. The van der Waals surface area contributed by atoms with Gasteiger partial charge >= 0.3 is 0 Å². The summed E-state index contributed by atoms with van der Waals surface area (Å²) in [5, 5.41) is 13.3. The standard InChI is InChI=1S/C10H7ClFN2O/c11-10-3-4-14(13-10)9-2-1-8(12)5-7(9)6-15/h1-3,5,15H,6H2. The highest BCUT2D eigenvalue weighted by Crippen LogP contribution is 2.16. The molecule has 5 heteroatoms. The minimum atomic E-state index is -0.402. The third-order valence-electron chi connectivity index (χ3n) is 1.94. The smallest absolute Gasteiger partial charge is 0.152 e. The monoisotopic (exact) mass is 225 g/mol. The van der Waals surface area contributed by atoms with Crippen molar-refractivity contribution < 1.29 is 9.50 Å². The van der Waals surface area contributed by atoms with Crippen LogP contribution < -0.4 is 0 Å². The van der Waals surface area contributed by atoms with Crippen LogP contribution in [0.2, 0.25) is 5.15 Å². The summed E-state index contributed by atoms with van der Waals surface area (Å²) in [4.78, 5) is 0. The number of aromatic nitrogens is 2. The molecule has 1 heterocycles. The summed E-state index contributed by atoms with van der Waals surface area (Å²) in [7, 11) is 0. The van der Waals surface area contributed by atoms with Crippen molar-refractivity contribution in [2.45, 2.75) is 6.61 Å². The second kappa shape index (κ2) is 4.00. The molecule has 1 aromatic carbocycles. The molecule has 0 aliphatic carbocycles. The number of benzene rings is 1. The lowest BCUT2D eigenvalue weighted by Gasteiger charge is -2.06. The van der Waals surface area contributed by atoms with Crippen LogP contribution in [0.15, 0.2) is 24.3 Å². The summed E-state index contributed by atoms with van der Waals surface area (Å²) in [5.74, 6) is -0.402. The van der Waals surface area contributed by atoms with E-state index in [1.807, 2.05) is 0 Å². The van der Waals surface area contributed by atoms with Crippen molar-refractivity contribution >= 4 is 11.6 Å². The van der Waals surface area contributed by atoms with Crippen molar-refractivity contribution in [2.24, 2.45) is 0 Å². The molecule has 0 saturated carbocycles. The predicted octanol–water partition coefficient (Wildman–Crippen LogP) is 1.96. The van der Waals surface area contributed by atoms with E-state index in [1.165, 1.54) is 28.9 Å². The van der Waals surface area contributed by atoms with Gasteiger partial charge in [-0.15, -0.1) is 0 Å². The van der Waals surface area contributed by atoms with Gasteiger partial charge in [0.1, 0.15) is 5.82 Å². The van der Waals surface area contributed by atoms with Crippen molar-refractivity contribution in [3.8, 4) is 5.69 Å². The number of aliphatic hydroxyl groups is 1. The van der Waals surface area contributed by atoms with Gasteiger partial charge in [0.15, 0.2) is 5.15 Å². The molecular weight excluding hydrogens is 219 g/mol. The Morgan fingerprint density at radius 3 is 2.93 bits per heavy atom. The lowest BCUT2D eigenvalue weighted by molar-refractivity contribution is 0.280. The summed E-state index contributed by atoms with van der Waals surface area (Å²) in [6.07, 6.45) is 2.76. The van der Waals surface area contributed by atoms with Crippen molar-refractivity contribution in [3.63, 3.8) is 0 Å². The van der Waals surface area contributed by atoms with E-state index in [1.54, 1.807) is 0 Å². The van der Waals surface area contributed by atoms with Gasteiger partial charge in [-0.2, -0.15) is 5.10 Å². The molecule has 0 amide bonds. The van der Waals surface area contributed by atoms with E-state index in [4.69, 9.17) is 16.7 Å². The van der Waals surface area contributed by atoms with Crippen LogP contribution in [0, 0.1) is 12.0 Å². The molecule has 1 aromatic heterocycles. The number of halogens is 2. The van der Waals surface area contributed by atoms with Crippen molar-refractivity contribution in [1.82, 2.24) is 9.78 Å². The first kappa shape index (κ1) is 10.1. The molecule has 1 radical (unpaired) electrons. The van der Waals surface area contributed by atoms with E-state index in [0.717, 1.165) is 0 Å². The Morgan fingerprint density at radius 2 is 2.33 bits per heavy atom. The first-order valence-corrected chi connectivity index (χ1v) is 4.61. The van der Waals surface area contributed by atoms with Gasteiger partial charge in [0.05, 0.1) is 18.5 Å². The molecule has 0 aliphatic heterocycles. The highest BCUT2D eigenvalue weighted by molar-refractivity contribution is 6.29. The second-order valence-corrected chi connectivity index (χ2v) is 3.33. The lowest BCUT2D eigenvalue weighted by Crippen LogP contribution is -2.01. The maximum Gasteiger partial charge on any atom is 0.152 e. The number of nitrogens with zero attached hydrogens (tertiary/aromatic N) is 2. The fourth-order valence-electron chi connectivity index (χ4n) is 1.28. The summed E-state index contributed by atoms with van der Waals surface area (Å²) >= 11 is 5.64. The second-order valence-electron chi connectivity index (χ2n) is 2.94. The Labute approximate surface area is 90.7 Å². The lowest BCUT2D eigenvalue weighted by atomic mass is 10.2. The summed E-state index contributed by atoms with van der Waals surface area (Å²) in [6, 6.07) is 5.55. The Kier molecular flexibility index (Phi) is 2.70. The zero-order valence-electron chi connectivity index (χ0n) is 7.61. The molecule has 3 nitrogen and oxygen atoms in total. The molecule has 77 valence electrons. The van der Waals surface area contributed by atoms with Gasteiger partial charge < -0.3 is 5.11 Å². The normalized spacial score (nSPS) is 10.6. The van der Waals surface area contributed by atoms with E-state index in [2.05, 4.69) is 11.3 Å². The van der Waals surface area contributed by atoms with Gasteiger partial charge in [0, 0.05) is 11.6 Å². The van der Waals surface area contributed by atoms with E-state index >= 15 is 0 Å². The first-order chi connectivity index (χ1) is 7.20. The van der Waals surface area contributed by atoms with Gasteiger partial charge in [-0.05, 0) is 18.2 Å². The molecule has 0 aliphatic rings. The van der Waals surface area contributed by atoms with Crippen molar-refractivity contribution in [3.05, 3.63) is 47.0 Å². The molecule has 0 fully saturated rings. The average Bonchev–Trinajstić information content (AvgIpc) is 2.64. The van der Waals surface area contributed by atoms with Gasteiger partial charge in [0.25, 0.3) is 0 Å². The van der Waals surface area contributed by atoms with E-state index < -0.39 is 5.82 Å². The van der Waals surface area contributed by atoms with E-state index in [0.29, 0.717) is 16.4 Å². The van der Waals surface area contributed by atoms with E-state index in [9.17, 15) is 4.39 Å². The van der Waals surface area contributed by atoms with Gasteiger partial charge in [-0.3, -0.25) is 0 Å². The molecular formula is C10H7ClFN2O. The molecule has 0 spiro atoms. The molecule has 15 heavy (non-hydrogen) atoms. The molecule has 1 N–H and O–H groups in total. The number of hydrogen-bond acceptors (Lipinski definition) is 2. The van der Waals surface area contributed by atoms with Crippen molar-refractivity contribution in [2.75, 3.05) is 0 Å². The summed E-state index contributed by atoms with van der Waals surface area (Å²) in [5.41, 5.74) is 0.997.